The number of carboxylic acids is 1. The summed E-state index contributed by atoms with van der Waals surface area (Å²) in [5.74, 6) is -0.951. The van der Waals surface area contributed by atoms with E-state index in [0.717, 1.165) is 19.1 Å². The Hall–Kier alpha value is -0.880. The molecule has 0 unspecified atom stereocenters. The highest BCUT2D eigenvalue weighted by molar-refractivity contribution is 7.85. The van der Waals surface area contributed by atoms with Crippen molar-refractivity contribution in [3.63, 3.8) is 0 Å². The fourth-order valence-corrected chi connectivity index (χ4v) is 1.85. The van der Waals surface area contributed by atoms with Crippen LogP contribution in [0.4, 0.5) is 0 Å². The minimum absolute atomic E-state index is 0.0443. The summed E-state index contributed by atoms with van der Waals surface area (Å²) < 4.78 is 26.4. The molecule has 0 atom stereocenters. The number of hydrogen-bond acceptors (Lipinski definition) is 4. The van der Waals surface area contributed by atoms with Gasteiger partial charge in [0.25, 0.3) is 10.1 Å². The summed E-state index contributed by atoms with van der Waals surface area (Å²) in [6, 6.07) is 0. The van der Waals surface area contributed by atoms with E-state index in [1.54, 1.807) is 13.0 Å². The van der Waals surface area contributed by atoms with E-state index < -0.39 is 16.1 Å². The number of aliphatic carboxylic acids is 1. The second-order valence-corrected chi connectivity index (χ2v) is 5.80. The van der Waals surface area contributed by atoms with Crippen molar-refractivity contribution < 1.29 is 22.5 Å². The molecule has 1 rings (SSSR count). The highest BCUT2D eigenvalue weighted by atomic mass is 32.2. The molecule has 6 heteroatoms. The van der Waals surface area contributed by atoms with Gasteiger partial charge in [0.05, 0.1) is 12.9 Å². The lowest BCUT2D eigenvalue weighted by molar-refractivity contribution is -0.132. The first kappa shape index (κ1) is 13.2. The average molecular weight is 248 g/mol. The molecule has 0 radical (unpaired) electrons. The van der Waals surface area contributed by atoms with Crippen LogP contribution in [0.3, 0.4) is 0 Å². The first-order chi connectivity index (χ1) is 7.28. The third-order valence-electron chi connectivity index (χ3n) is 2.59. The van der Waals surface area contributed by atoms with Crippen LogP contribution in [0, 0.1) is 5.41 Å². The zero-order valence-corrected chi connectivity index (χ0v) is 10.2. The van der Waals surface area contributed by atoms with Crippen LogP contribution in [-0.4, -0.2) is 32.4 Å². The zero-order valence-electron chi connectivity index (χ0n) is 9.39. The van der Waals surface area contributed by atoms with Gasteiger partial charge in [-0.15, -0.1) is 0 Å². The second kappa shape index (κ2) is 4.55. The highest BCUT2D eigenvalue weighted by Gasteiger charge is 2.42. The van der Waals surface area contributed by atoms with E-state index in [1.165, 1.54) is 0 Å². The molecule has 1 aliphatic carbocycles. The molecule has 5 nitrogen and oxygen atoms in total. The largest absolute Gasteiger partial charge is 0.478 e. The lowest BCUT2D eigenvalue weighted by Crippen LogP contribution is -2.14. The van der Waals surface area contributed by atoms with Crippen molar-refractivity contribution in [2.45, 2.75) is 26.2 Å². The maximum absolute atomic E-state index is 10.8. The lowest BCUT2D eigenvalue weighted by Gasteiger charge is -2.10. The van der Waals surface area contributed by atoms with E-state index >= 15 is 0 Å². The van der Waals surface area contributed by atoms with Crippen molar-refractivity contribution in [3.05, 3.63) is 11.6 Å². The van der Waals surface area contributed by atoms with E-state index in [0.29, 0.717) is 12.0 Å². The molecule has 0 saturated heterocycles. The van der Waals surface area contributed by atoms with Gasteiger partial charge in [-0.1, -0.05) is 13.0 Å². The van der Waals surface area contributed by atoms with Gasteiger partial charge in [-0.2, -0.15) is 8.42 Å². The summed E-state index contributed by atoms with van der Waals surface area (Å²) in [4.78, 5) is 10.8. The first-order valence-corrected chi connectivity index (χ1v) is 6.89. The third-order valence-corrected chi connectivity index (χ3v) is 3.13. The fraction of sp³-hybridized carbons (Fsp3) is 0.700. The zero-order chi connectivity index (χ0) is 12.4. The van der Waals surface area contributed by atoms with Crippen LogP contribution in [-0.2, 0) is 19.1 Å². The van der Waals surface area contributed by atoms with Gasteiger partial charge in [-0.05, 0) is 19.3 Å². The number of rotatable bonds is 6. The Kier molecular flexibility index (Phi) is 3.75. The standard InChI is InChI=1S/C10H16O5S/c1-3-8(9(11)12)6-10(4-5-10)7-15-16(2,13)14/h6H,3-5,7H2,1-2H3,(H,11,12)/b8-6+. The summed E-state index contributed by atoms with van der Waals surface area (Å²) in [6.07, 6.45) is 4.61. The smallest absolute Gasteiger partial charge is 0.331 e. The molecule has 0 aliphatic heterocycles. The molecule has 0 aromatic heterocycles. The lowest BCUT2D eigenvalue weighted by atomic mass is 10.0. The first-order valence-electron chi connectivity index (χ1n) is 5.07. The Bertz CT molecular complexity index is 403. The predicted molar refractivity (Wildman–Crippen MR) is 58.5 cm³/mol. The molecule has 0 aromatic rings. The minimum atomic E-state index is -3.46. The van der Waals surface area contributed by atoms with Crippen LogP contribution >= 0.6 is 0 Å². The summed E-state index contributed by atoms with van der Waals surface area (Å²) in [5.41, 5.74) is -0.0677. The van der Waals surface area contributed by atoms with Gasteiger partial charge < -0.3 is 5.11 Å². The van der Waals surface area contributed by atoms with Crippen LogP contribution in [0.25, 0.3) is 0 Å². The Morgan fingerprint density at radius 2 is 2.06 bits per heavy atom. The van der Waals surface area contributed by atoms with E-state index in [-0.39, 0.29) is 12.0 Å². The fourth-order valence-electron chi connectivity index (χ4n) is 1.40. The van der Waals surface area contributed by atoms with Gasteiger partial charge in [0, 0.05) is 11.0 Å². The van der Waals surface area contributed by atoms with Crippen molar-refractivity contribution >= 4 is 16.1 Å². The van der Waals surface area contributed by atoms with Gasteiger partial charge >= 0.3 is 5.97 Å². The summed E-state index contributed by atoms with van der Waals surface area (Å²) in [6.45, 7) is 1.80. The molecule has 0 bridgehead atoms. The van der Waals surface area contributed by atoms with E-state index in [2.05, 4.69) is 0 Å². The van der Waals surface area contributed by atoms with E-state index in [1.807, 2.05) is 0 Å². The molecule has 0 amide bonds. The van der Waals surface area contributed by atoms with Gasteiger partial charge in [0.15, 0.2) is 0 Å². The van der Waals surface area contributed by atoms with Gasteiger partial charge in [-0.3, -0.25) is 4.18 Å². The van der Waals surface area contributed by atoms with Crippen molar-refractivity contribution in [2.24, 2.45) is 5.41 Å². The summed E-state index contributed by atoms with van der Waals surface area (Å²) >= 11 is 0. The maximum Gasteiger partial charge on any atom is 0.331 e. The molecular formula is C10H16O5S. The SMILES string of the molecule is CC/C(=C\C1(COS(C)(=O)=O)CC1)C(=O)O. The minimum Gasteiger partial charge on any atom is -0.478 e. The highest BCUT2D eigenvalue weighted by Crippen LogP contribution is 2.48. The maximum atomic E-state index is 10.8. The van der Waals surface area contributed by atoms with Crippen LogP contribution in [0.2, 0.25) is 0 Å². The molecule has 0 spiro atoms. The molecule has 0 aromatic carbocycles. The molecule has 0 heterocycles. The van der Waals surface area contributed by atoms with Gasteiger partial charge in [0.1, 0.15) is 0 Å². The molecule has 1 aliphatic rings. The number of carboxylic acid groups (broad SMARTS) is 1. The van der Waals surface area contributed by atoms with Crippen LogP contribution in [0.5, 0.6) is 0 Å². The summed E-state index contributed by atoms with van der Waals surface area (Å²) in [5, 5.41) is 8.87. The molecular weight excluding hydrogens is 232 g/mol. The van der Waals surface area contributed by atoms with Gasteiger partial charge in [-0.25, -0.2) is 4.79 Å². The third kappa shape index (κ3) is 3.94. The Morgan fingerprint density at radius 3 is 2.38 bits per heavy atom. The van der Waals surface area contributed by atoms with Crippen LogP contribution in [0.1, 0.15) is 26.2 Å². The predicted octanol–water partition coefficient (Wildman–Crippen LogP) is 1.16. The Balaban J connectivity index is 2.69. The van der Waals surface area contributed by atoms with Crippen molar-refractivity contribution in [2.75, 3.05) is 12.9 Å². The van der Waals surface area contributed by atoms with Crippen LogP contribution < -0.4 is 0 Å². The van der Waals surface area contributed by atoms with Crippen molar-refractivity contribution in [3.8, 4) is 0 Å². The topological polar surface area (TPSA) is 80.7 Å². The molecule has 16 heavy (non-hydrogen) atoms. The number of carbonyl (C=O) groups is 1. The molecule has 1 saturated carbocycles. The Labute approximate surface area is 95.2 Å². The molecule has 1 N–H and O–H groups in total. The average Bonchev–Trinajstić information content (AvgIpc) is 2.91. The Morgan fingerprint density at radius 1 is 1.50 bits per heavy atom. The number of hydrogen-bond donors (Lipinski definition) is 1. The second-order valence-electron chi connectivity index (χ2n) is 4.16. The monoisotopic (exact) mass is 248 g/mol. The van der Waals surface area contributed by atoms with Crippen molar-refractivity contribution in [1.29, 1.82) is 0 Å². The van der Waals surface area contributed by atoms with Crippen molar-refractivity contribution in [1.82, 2.24) is 0 Å². The quantitative estimate of drug-likeness (QED) is 0.563. The molecule has 1 fully saturated rings. The van der Waals surface area contributed by atoms with Crippen LogP contribution in [0.15, 0.2) is 11.6 Å². The van der Waals surface area contributed by atoms with E-state index in [9.17, 15) is 13.2 Å². The van der Waals surface area contributed by atoms with E-state index in [4.69, 9.17) is 9.29 Å². The normalized spacial score (nSPS) is 19.5. The molecule has 92 valence electrons. The summed E-state index contributed by atoms with van der Waals surface area (Å²) in [7, 11) is -3.46. The van der Waals surface area contributed by atoms with Gasteiger partial charge in [0.2, 0.25) is 0 Å².